The lowest BCUT2D eigenvalue weighted by atomic mass is 9.75. The minimum Gasteiger partial charge on any atom is -0.462 e. The molecule has 2 atom stereocenters. The van der Waals surface area contributed by atoms with E-state index in [0.717, 1.165) is 18.9 Å². The number of esters is 1. The Bertz CT molecular complexity index is 718. The number of hydrogen-bond donors (Lipinski definition) is 0. The average molecular weight is 360 g/mol. The number of nitro benzene ring substituents is 1. The van der Waals surface area contributed by atoms with Gasteiger partial charge in [0, 0.05) is 30.8 Å². The van der Waals surface area contributed by atoms with Crippen LogP contribution in [0.1, 0.15) is 59.7 Å². The third kappa shape index (κ3) is 3.86. The maximum absolute atomic E-state index is 12.9. The normalized spacial score (nSPS) is 22.4. The molecule has 1 aliphatic carbocycles. The number of ether oxygens (including phenoxy) is 1. The molecule has 140 valence electrons. The van der Waals surface area contributed by atoms with E-state index in [1.807, 2.05) is 0 Å². The van der Waals surface area contributed by atoms with Crippen molar-refractivity contribution in [3.63, 3.8) is 0 Å². The maximum atomic E-state index is 12.9. The van der Waals surface area contributed by atoms with Crippen LogP contribution in [0.3, 0.4) is 0 Å². The first-order valence-corrected chi connectivity index (χ1v) is 9.25. The summed E-state index contributed by atoms with van der Waals surface area (Å²) in [4.78, 5) is 37.3. The Labute approximate surface area is 152 Å². The van der Waals surface area contributed by atoms with E-state index in [9.17, 15) is 19.7 Å². The Morgan fingerprint density at radius 1 is 1.15 bits per heavy atom. The molecule has 1 saturated carbocycles. The third-order valence-corrected chi connectivity index (χ3v) is 5.47. The number of non-ortho nitro benzene ring substituents is 1. The van der Waals surface area contributed by atoms with Crippen LogP contribution in [0.15, 0.2) is 18.2 Å². The summed E-state index contributed by atoms with van der Waals surface area (Å²) in [6.45, 7) is 3.19. The van der Waals surface area contributed by atoms with Crippen molar-refractivity contribution in [2.24, 2.45) is 11.8 Å². The molecule has 7 heteroatoms. The molecule has 2 fully saturated rings. The molecule has 2 aliphatic rings. The summed E-state index contributed by atoms with van der Waals surface area (Å²) in [6.07, 6.45) is 5.82. The molecular weight excluding hydrogens is 336 g/mol. The molecule has 1 saturated heterocycles. The number of piperidine rings is 1. The van der Waals surface area contributed by atoms with Crippen molar-refractivity contribution in [2.45, 2.75) is 39.0 Å². The number of carbonyl (C=O) groups excluding carboxylic acids is 2. The van der Waals surface area contributed by atoms with E-state index >= 15 is 0 Å². The predicted octanol–water partition coefficient (Wildman–Crippen LogP) is 3.42. The molecule has 0 unspecified atom stereocenters. The van der Waals surface area contributed by atoms with Crippen molar-refractivity contribution in [1.29, 1.82) is 0 Å². The number of nitrogens with zero attached hydrogens (tertiary/aromatic N) is 2. The number of nitro groups is 1. The van der Waals surface area contributed by atoms with Crippen LogP contribution in [0.25, 0.3) is 0 Å². The first-order valence-electron chi connectivity index (χ1n) is 9.25. The lowest BCUT2D eigenvalue weighted by Gasteiger charge is -2.41. The molecule has 0 bridgehead atoms. The highest BCUT2D eigenvalue weighted by Crippen LogP contribution is 2.36. The van der Waals surface area contributed by atoms with E-state index in [1.165, 1.54) is 31.4 Å². The van der Waals surface area contributed by atoms with E-state index in [2.05, 4.69) is 0 Å². The number of likely N-dealkylation sites (tertiary alicyclic amines) is 1. The van der Waals surface area contributed by atoms with E-state index in [1.54, 1.807) is 11.8 Å². The van der Waals surface area contributed by atoms with Crippen LogP contribution in [-0.2, 0) is 4.74 Å². The highest BCUT2D eigenvalue weighted by Gasteiger charge is 2.33. The van der Waals surface area contributed by atoms with Gasteiger partial charge in [-0.2, -0.15) is 0 Å². The van der Waals surface area contributed by atoms with Gasteiger partial charge in [0.1, 0.15) is 0 Å². The summed E-state index contributed by atoms with van der Waals surface area (Å²) in [5.74, 6) is 0.303. The van der Waals surface area contributed by atoms with Gasteiger partial charge in [-0.25, -0.2) is 4.79 Å². The fraction of sp³-hybridized carbons (Fsp3) is 0.579. The summed E-state index contributed by atoms with van der Waals surface area (Å²) in [5, 5.41) is 11.2. The van der Waals surface area contributed by atoms with Crippen LogP contribution in [-0.4, -0.2) is 41.4 Å². The zero-order valence-electron chi connectivity index (χ0n) is 15.0. The fourth-order valence-corrected chi connectivity index (χ4v) is 4.14. The summed E-state index contributed by atoms with van der Waals surface area (Å²) in [7, 11) is 0. The zero-order chi connectivity index (χ0) is 18.7. The third-order valence-electron chi connectivity index (χ3n) is 5.47. The fourth-order valence-electron chi connectivity index (χ4n) is 4.14. The Balaban J connectivity index is 1.83. The first kappa shape index (κ1) is 18.4. The van der Waals surface area contributed by atoms with Crippen LogP contribution in [0.5, 0.6) is 0 Å². The van der Waals surface area contributed by atoms with Crippen molar-refractivity contribution in [2.75, 3.05) is 19.7 Å². The van der Waals surface area contributed by atoms with Gasteiger partial charge in [-0.15, -0.1) is 0 Å². The van der Waals surface area contributed by atoms with E-state index < -0.39 is 10.9 Å². The topological polar surface area (TPSA) is 89.8 Å². The minimum absolute atomic E-state index is 0.0388. The summed E-state index contributed by atoms with van der Waals surface area (Å²) < 4.78 is 4.93. The van der Waals surface area contributed by atoms with Gasteiger partial charge in [-0.05, 0) is 37.7 Å². The van der Waals surface area contributed by atoms with Gasteiger partial charge in [-0.1, -0.05) is 19.3 Å². The highest BCUT2D eigenvalue weighted by molar-refractivity contribution is 5.99. The Morgan fingerprint density at radius 3 is 2.54 bits per heavy atom. The van der Waals surface area contributed by atoms with Gasteiger partial charge in [-0.3, -0.25) is 14.9 Å². The monoisotopic (exact) mass is 360 g/mol. The van der Waals surface area contributed by atoms with Crippen LogP contribution < -0.4 is 0 Å². The molecule has 26 heavy (non-hydrogen) atoms. The van der Waals surface area contributed by atoms with Crippen LogP contribution >= 0.6 is 0 Å². The largest absolute Gasteiger partial charge is 0.462 e. The summed E-state index contributed by atoms with van der Waals surface area (Å²) >= 11 is 0. The molecule has 0 N–H and O–H groups in total. The SMILES string of the molecule is CCOC(=O)c1cc(C(=O)N2CC[C@H]3CCCC[C@H]3C2)cc([N+](=O)[O-])c1. The number of amides is 1. The number of fused-ring (bicyclic) bond motifs is 1. The van der Waals surface area contributed by atoms with Crippen LogP contribution in [0, 0.1) is 22.0 Å². The van der Waals surface area contributed by atoms with E-state index in [4.69, 9.17) is 4.74 Å². The summed E-state index contributed by atoms with van der Waals surface area (Å²) in [5.41, 5.74) is -0.0556. The summed E-state index contributed by atoms with van der Waals surface area (Å²) in [6, 6.07) is 3.81. The number of hydrogen-bond acceptors (Lipinski definition) is 5. The number of carbonyl (C=O) groups is 2. The number of rotatable bonds is 4. The van der Waals surface area contributed by atoms with E-state index in [-0.39, 0.29) is 29.3 Å². The first-order chi connectivity index (χ1) is 12.5. The Kier molecular flexibility index (Phi) is 5.54. The molecule has 1 heterocycles. The number of benzene rings is 1. The van der Waals surface area contributed by atoms with Gasteiger partial charge in [0.2, 0.25) is 0 Å². The molecule has 1 amide bonds. The van der Waals surface area contributed by atoms with Gasteiger partial charge < -0.3 is 9.64 Å². The van der Waals surface area contributed by atoms with Crippen molar-refractivity contribution in [1.82, 2.24) is 4.90 Å². The van der Waals surface area contributed by atoms with Crippen molar-refractivity contribution < 1.29 is 19.2 Å². The molecule has 7 nitrogen and oxygen atoms in total. The minimum atomic E-state index is -0.656. The zero-order valence-corrected chi connectivity index (χ0v) is 15.0. The van der Waals surface area contributed by atoms with Crippen molar-refractivity contribution >= 4 is 17.6 Å². The molecule has 1 aromatic carbocycles. The molecule has 3 rings (SSSR count). The molecular formula is C19H24N2O5. The molecule has 0 radical (unpaired) electrons. The molecule has 1 aromatic rings. The predicted molar refractivity (Wildman–Crippen MR) is 95.0 cm³/mol. The second-order valence-corrected chi connectivity index (χ2v) is 7.09. The van der Waals surface area contributed by atoms with Gasteiger partial charge >= 0.3 is 5.97 Å². The van der Waals surface area contributed by atoms with Crippen LogP contribution in [0.4, 0.5) is 5.69 Å². The smallest absolute Gasteiger partial charge is 0.338 e. The molecule has 0 spiro atoms. The second-order valence-electron chi connectivity index (χ2n) is 7.09. The lowest BCUT2D eigenvalue weighted by molar-refractivity contribution is -0.384. The van der Waals surface area contributed by atoms with Crippen molar-refractivity contribution in [3.8, 4) is 0 Å². The standard InChI is InChI=1S/C19H24N2O5/c1-2-26-19(23)16-9-15(10-17(11-16)21(24)25)18(22)20-8-7-13-5-3-4-6-14(13)12-20/h9-11,13-14H,2-8,12H2,1H3/t13-,14+/m1/s1. The molecule has 0 aromatic heterocycles. The quantitative estimate of drug-likeness (QED) is 0.466. The average Bonchev–Trinajstić information content (AvgIpc) is 2.66. The van der Waals surface area contributed by atoms with E-state index in [0.29, 0.717) is 24.9 Å². The van der Waals surface area contributed by atoms with Crippen molar-refractivity contribution in [3.05, 3.63) is 39.4 Å². The Morgan fingerprint density at radius 2 is 1.85 bits per heavy atom. The van der Waals surface area contributed by atoms with Gasteiger partial charge in [0.05, 0.1) is 17.1 Å². The maximum Gasteiger partial charge on any atom is 0.338 e. The molecule has 1 aliphatic heterocycles. The highest BCUT2D eigenvalue weighted by atomic mass is 16.6. The Hall–Kier alpha value is -2.44. The van der Waals surface area contributed by atoms with Gasteiger partial charge in [0.15, 0.2) is 0 Å². The van der Waals surface area contributed by atoms with Crippen LogP contribution in [0.2, 0.25) is 0 Å². The lowest BCUT2D eigenvalue weighted by Crippen LogP contribution is -2.44. The van der Waals surface area contributed by atoms with Gasteiger partial charge in [0.25, 0.3) is 11.6 Å². The second kappa shape index (κ2) is 7.85.